The fraction of sp³-hybridized carbons (Fsp3) is 0.500. The number of guanidine groups is 1. The van der Waals surface area contributed by atoms with Gasteiger partial charge >= 0.3 is 0 Å². The minimum absolute atomic E-state index is 0.127. The summed E-state index contributed by atoms with van der Waals surface area (Å²) in [6.45, 7) is 9.96. The van der Waals surface area contributed by atoms with Gasteiger partial charge in [0, 0.05) is 23.3 Å². The number of ether oxygens (including phenoxy) is 3. The number of aliphatic hydroxyl groups excluding tert-OH is 1. The van der Waals surface area contributed by atoms with E-state index in [-0.39, 0.29) is 30.8 Å². The van der Waals surface area contributed by atoms with Crippen LogP contribution >= 0.6 is 0 Å². The predicted molar refractivity (Wildman–Crippen MR) is 149 cm³/mol. The second kappa shape index (κ2) is 10.4. The number of hydrogen-bond acceptors (Lipinski definition) is 8. The lowest BCUT2D eigenvalue weighted by Crippen LogP contribution is -2.56. The lowest BCUT2D eigenvalue weighted by molar-refractivity contribution is -0.135. The number of aliphatic imine (C=N–C) groups is 1. The average Bonchev–Trinajstić information content (AvgIpc) is 2.91. The average molecular weight is 551 g/mol. The van der Waals surface area contributed by atoms with E-state index in [2.05, 4.69) is 10.3 Å². The zero-order chi connectivity index (χ0) is 28.8. The first kappa shape index (κ1) is 27.9. The van der Waals surface area contributed by atoms with Crippen LogP contribution in [-0.2, 0) is 9.53 Å². The molecule has 3 heterocycles. The third kappa shape index (κ3) is 4.90. The summed E-state index contributed by atoms with van der Waals surface area (Å²) in [4.78, 5) is 33.3. The summed E-state index contributed by atoms with van der Waals surface area (Å²) < 4.78 is 18.0. The SMILES string of the molecule is CCO[C@H]1COc2ccc(C(=O)N[C@@H]3c4ccccc4OC(C)(C)[C@H]3O)cc2[C@@H]1N1C(=O)C[C@@](C)(CC)N=C1N. The molecule has 0 radical (unpaired) electrons. The number of carbonyl (C=O) groups excluding carboxylic acids is 2. The molecule has 0 unspecified atom stereocenters. The van der Waals surface area contributed by atoms with Crippen LogP contribution in [-0.4, -0.2) is 64.3 Å². The van der Waals surface area contributed by atoms with Crippen molar-refractivity contribution >= 4 is 17.8 Å². The summed E-state index contributed by atoms with van der Waals surface area (Å²) >= 11 is 0. The molecule has 10 nitrogen and oxygen atoms in total. The Morgan fingerprint density at radius 3 is 2.62 bits per heavy atom. The Hall–Kier alpha value is -3.63. The van der Waals surface area contributed by atoms with Gasteiger partial charge in [-0.15, -0.1) is 0 Å². The summed E-state index contributed by atoms with van der Waals surface area (Å²) in [5, 5.41) is 14.1. The summed E-state index contributed by atoms with van der Waals surface area (Å²) in [6.07, 6.45) is -0.608. The molecule has 0 saturated carbocycles. The van der Waals surface area contributed by atoms with E-state index in [1.54, 1.807) is 32.0 Å². The highest BCUT2D eigenvalue weighted by Crippen LogP contribution is 2.42. The van der Waals surface area contributed by atoms with E-state index in [9.17, 15) is 14.7 Å². The molecular weight excluding hydrogens is 512 g/mol. The van der Waals surface area contributed by atoms with E-state index in [0.29, 0.717) is 41.2 Å². The van der Waals surface area contributed by atoms with Crippen LogP contribution in [0.3, 0.4) is 0 Å². The molecule has 2 aromatic carbocycles. The number of carbonyl (C=O) groups is 2. The number of nitrogens with one attached hydrogen (secondary N) is 1. The monoisotopic (exact) mass is 550 g/mol. The Morgan fingerprint density at radius 2 is 1.93 bits per heavy atom. The van der Waals surface area contributed by atoms with Crippen molar-refractivity contribution in [1.29, 1.82) is 0 Å². The van der Waals surface area contributed by atoms with Crippen molar-refractivity contribution in [1.82, 2.24) is 10.2 Å². The number of benzene rings is 2. The topological polar surface area (TPSA) is 136 Å². The van der Waals surface area contributed by atoms with Crippen LogP contribution in [0.15, 0.2) is 47.5 Å². The number of rotatable bonds is 6. The maximum absolute atomic E-state index is 13.6. The van der Waals surface area contributed by atoms with E-state index >= 15 is 0 Å². The minimum Gasteiger partial charge on any atom is -0.490 e. The highest BCUT2D eigenvalue weighted by Gasteiger charge is 2.46. The molecule has 3 aliphatic heterocycles. The number of aliphatic hydroxyl groups is 1. The zero-order valence-corrected chi connectivity index (χ0v) is 23.6. The van der Waals surface area contributed by atoms with Crippen LogP contribution in [0.1, 0.15) is 81.0 Å². The Bertz CT molecular complexity index is 1340. The van der Waals surface area contributed by atoms with Crippen molar-refractivity contribution in [2.75, 3.05) is 13.2 Å². The molecule has 0 aliphatic carbocycles. The van der Waals surface area contributed by atoms with E-state index in [1.807, 2.05) is 45.0 Å². The van der Waals surface area contributed by atoms with Gasteiger partial charge in [0.05, 0.1) is 24.0 Å². The molecule has 2 aromatic rings. The molecule has 3 aliphatic rings. The third-order valence-corrected chi connectivity index (χ3v) is 8.14. The first-order valence-corrected chi connectivity index (χ1v) is 13.8. The van der Waals surface area contributed by atoms with Crippen molar-refractivity contribution in [2.24, 2.45) is 10.7 Å². The van der Waals surface area contributed by atoms with E-state index in [0.717, 1.165) is 0 Å². The number of fused-ring (bicyclic) bond motifs is 2. The fourth-order valence-electron chi connectivity index (χ4n) is 5.71. The highest BCUT2D eigenvalue weighted by molar-refractivity contribution is 6.00. The van der Waals surface area contributed by atoms with Crippen molar-refractivity contribution in [3.8, 4) is 11.5 Å². The fourth-order valence-corrected chi connectivity index (χ4v) is 5.71. The molecule has 10 heteroatoms. The van der Waals surface area contributed by atoms with Gasteiger partial charge in [-0.05, 0) is 58.4 Å². The van der Waals surface area contributed by atoms with Crippen molar-refractivity contribution < 1.29 is 28.9 Å². The molecule has 0 spiro atoms. The largest absolute Gasteiger partial charge is 0.490 e. The van der Waals surface area contributed by atoms with Gasteiger partial charge in [-0.3, -0.25) is 14.5 Å². The summed E-state index contributed by atoms with van der Waals surface area (Å²) in [5.41, 5.74) is 6.58. The maximum atomic E-state index is 13.6. The highest BCUT2D eigenvalue weighted by atomic mass is 16.5. The quantitative estimate of drug-likeness (QED) is 0.502. The number of nitrogens with zero attached hydrogens (tertiary/aromatic N) is 2. The standard InChI is InChI=1S/C30H38N4O6/c1-6-30(5)15-23(35)34(28(31)33-30)25-19-14-17(12-13-20(19)39-16-22(25)38-7-2)27(37)32-24-18-10-8-9-11-21(18)40-29(3,4)26(24)36/h8-14,22,24-26,36H,6-7,15-16H2,1-5H3,(H2,31,33)(H,32,37)/t22-,24+,25-,26-,30+/m0/s1. The van der Waals surface area contributed by atoms with Crippen molar-refractivity contribution in [3.63, 3.8) is 0 Å². The Labute approximate surface area is 234 Å². The van der Waals surface area contributed by atoms with Gasteiger partial charge in [0.2, 0.25) is 5.91 Å². The van der Waals surface area contributed by atoms with Crippen LogP contribution in [0, 0.1) is 0 Å². The Morgan fingerprint density at radius 1 is 1.18 bits per heavy atom. The first-order valence-electron chi connectivity index (χ1n) is 13.8. The number of nitrogens with two attached hydrogens (primary N) is 1. The molecule has 2 amide bonds. The van der Waals surface area contributed by atoms with E-state index in [1.165, 1.54) is 4.90 Å². The molecule has 5 rings (SSSR count). The molecule has 214 valence electrons. The van der Waals surface area contributed by atoms with E-state index < -0.39 is 35.4 Å². The maximum Gasteiger partial charge on any atom is 0.251 e. The van der Waals surface area contributed by atoms with Gasteiger partial charge < -0.3 is 30.4 Å². The van der Waals surface area contributed by atoms with Gasteiger partial charge in [-0.25, -0.2) is 4.99 Å². The van der Waals surface area contributed by atoms with Gasteiger partial charge in [-0.2, -0.15) is 0 Å². The van der Waals surface area contributed by atoms with Crippen LogP contribution in [0.2, 0.25) is 0 Å². The normalized spacial score (nSPS) is 28.9. The van der Waals surface area contributed by atoms with Crippen molar-refractivity contribution in [2.45, 2.75) is 82.9 Å². The van der Waals surface area contributed by atoms with Crippen LogP contribution in [0.25, 0.3) is 0 Å². The molecule has 0 fully saturated rings. The van der Waals surface area contributed by atoms with Crippen molar-refractivity contribution in [3.05, 3.63) is 59.2 Å². The molecule has 4 N–H and O–H groups in total. The lowest BCUT2D eigenvalue weighted by Gasteiger charge is -2.43. The Balaban J connectivity index is 1.51. The van der Waals surface area contributed by atoms with Crippen LogP contribution in [0.4, 0.5) is 0 Å². The molecule has 0 saturated heterocycles. The van der Waals surface area contributed by atoms with Gasteiger partial charge in [0.1, 0.15) is 35.9 Å². The number of amides is 2. The summed E-state index contributed by atoms with van der Waals surface area (Å²) in [6, 6.07) is 11.1. The molecule has 0 aromatic heterocycles. The second-order valence-corrected chi connectivity index (χ2v) is 11.4. The lowest BCUT2D eigenvalue weighted by atomic mass is 9.86. The van der Waals surface area contributed by atoms with Crippen LogP contribution < -0.4 is 20.5 Å². The molecule has 5 atom stereocenters. The van der Waals surface area contributed by atoms with Gasteiger partial charge in [-0.1, -0.05) is 25.1 Å². The van der Waals surface area contributed by atoms with E-state index in [4.69, 9.17) is 19.9 Å². The predicted octanol–water partition coefficient (Wildman–Crippen LogP) is 3.24. The zero-order valence-electron chi connectivity index (χ0n) is 23.6. The smallest absolute Gasteiger partial charge is 0.251 e. The first-order chi connectivity index (χ1) is 19.0. The summed E-state index contributed by atoms with van der Waals surface area (Å²) in [7, 11) is 0. The second-order valence-electron chi connectivity index (χ2n) is 11.4. The molecule has 0 bridgehead atoms. The minimum atomic E-state index is -0.989. The molecule has 40 heavy (non-hydrogen) atoms. The summed E-state index contributed by atoms with van der Waals surface area (Å²) in [5.74, 6) is 0.737. The van der Waals surface area contributed by atoms with Crippen LogP contribution in [0.5, 0.6) is 11.5 Å². The van der Waals surface area contributed by atoms with Gasteiger partial charge in [0.25, 0.3) is 5.91 Å². The Kier molecular flexibility index (Phi) is 7.26. The number of hydrogen-bond donors (Lipinski definition) is 3. The molecular formula is C30H38N4O6. The third-order valence-electron chi connectivity index (χ3n) is 8.14. The number of para-hydroxylation sites is 1. The van der Waals surface area contributed by atoms with Gasteiger partial charge in [0.15, 0.2) is 5.96 Å².